The Morgan fingerprint density at radius 2 is 2.07 bits per heavy atom. The molecule has 0 bridgehead atoms. The van der Waals surface area contributed by atoms with Crippen LogP contribution in [0.4, 0.5) is 10.5 Å². The van der Waals surface area contributed by atoms with Gasteiger partial charge < -0.3 is 15.0 Å². The minimum Gasteiger partial charge on any atom is -0.453 e. The third kappa shape index (κ3) is 3.89. The van der Waals surface area contributed by atoms with E-state index in [1.54, 1.807) is 7.05 Å². The van der Waals surface area contributed by atoms with Gasteiger partial charge in [0.2, 0.25) is 0 Å². The van der Waals surface area contributed by atoms with Gasteiger partial charge in [-0.3, -0.25) is 0 Å². The van der Waals surface area contributed by atoms with Crippen molar-refractivity contribution >= 4 is 11.8 Å². The van der Waals surface area contributed by atoms with E-state index < -0.39 is 0 Å². The fourth-order valence-corrected chi connectivity index (χ4v) is 1.17. The number of methoxy groups -OCH3 is 1. The predicted molar refractivity (Wildman–Crippen MR) is 60.0 cm³/mol. The highest BCUT2D eigenvalue weighted by molar-refractivity contribution is 5.66. The van der Waals surface area contributed by atoms with Crippen LogP contribution in [0, 0.1) is 0 Å². The van der Waals surface area contributed by atoms with E-state index >= 15 is 0 Å². The normalized spacial score (nSPS) is 9.47. The number of anilines is 1. The van der Waals surface area contributed by atoms with Crippen LogP contribution in [-0.2, 0) is 4.74 Å². The van der Waals surface area contributed by atoms with Crippen LogP contribution in [0.2, 0.25) is 0 Å². The lowest BCUT2D eigenvalue weighted by Crippen LogP contribution is -2.31. The van der Waals surface area contributed by atoms with Crippen molar-refractivity contribution in [2.45, 2.75) is 0 Å². The van der Waals surface area contributed by atoms with Crippen molar-refractivity contribution in [1.82, 2.24) is 4.90 Å². The van der Waals surface area contributed by atoms with Gasteiger partial charge in [0.1, 0.15) is 0 Å². The van der Waals surface area contributed by atoms with Crippen LogP contribution in [0.15, 0.2) is 30.3 Å². The van der Waals surface area contributed by atoms with E-state index in [-0.39, 0.29) is 6.09 Å². The van der Waals surface area contributed by atoms with Gasteiger partial charge in [-0.1, -0.05) is 18.2 Å². The minimum atomic E-state index is -0.315. The second-order valence-electron chi connectivity index (χ2n) is 3.18. The SMILES string of the molecule is COC(=O)N(C)CCNc1ccccc1. The zero-order valence-corrected chi connectivity index (χ0v) is 9.06. The number of para-hydroxylation sites is 1. The van der Waals surface area contributed by atoms with E-state index in [4.69, 9.17) is 0 Å². The second kappa shape index (κ2) is 5.90. The molecule has 4 nitrogen and oxygen atoms in total. The van der Waals surface area contributed by atoms with Crippen molar-refractivity contribution in [2.75, 3.05) is 32.6 Å². The summed E-state index contributed by atoms with van der Waals surface area (Å²) in [4.78, 5) is 12.6. The predicted octanol–water partition coefficient (Wildman–Crippen LogP) is 1.80. The molecule has 82 valence electrons. The van der Waals surface area contributed by atoms with Gasteiger partial charge >= 0.3 is 6.09 Å². The number of nitrogens with one attached hydrogen (secondary N) is 1. The monoisotopic (exact) mass is 208 g/mol. The zero-order valence-electron chi connectivity index (χ0n) is 9.06. The summed E-state index contributed by atoms with van der Waals surface area (Å²) in [6.45, 7) is 1.32. The molecule has 1 aromatic rings. The lowest BCUT2D eigenvalue weighted by atomic mass is 10.3. The largest absolute Gasteiger partial charge is 0.453 e. The van der Waals surface area contributed by atoms with Crippen LogP contribution < -0.4 is 5.32 Å². The molecule has 4 heteroatoms. The number of carbonyl (C=O) groups excluding carboxylic acids is 1. The third-order valence-electron chi connectivity index (χ3n) is 2.04. The van der Waals surface area contributed by atoms with E-state index in [0.29, 0.717) is 13.1 Å². The topological polar surface area (TPSA) is 41.6 Å². The summed E-state index contributed by atoms with van der Waals surface area (Å²) >= 11 is 0. The molecule has 1 amide bonds. The Morgan fingerprint density at radius 1 is 1.40 bits per heavy atom. The molecule has 0 heterocycles. The molecule has 1 N–H and O–H groups in total. The van der Waals surface area contributed by atoms with Gasteiger partial charge in [-0.25, -0.2) is 4.79 Å². The average molecular weight is 208 g/mol. The smallest absolute Gasteiger partial charge is 0.409 e. The molecule has 0 aliphatic heterocycles. The fourth-order valence-electron chi connectivity index (χ4n) is 1.17. The number of likely N-dealkylation sites (N-methyl/N-ethyl adjacent to an activating group) is 1. The number of nitrogens with zero attached hydrogens (tertiary/aromatic N) is 1. The van der Waals surface area contributed by atoms with Gasteiger partial charge in [0.05, 0.1) is 7.11 Å². The summed E-state index contributed by atoms with van der Waals surface area (Å²) in [5, 5.41) is 3.21. The van der Waals surface area contributed by atoms with Crippen LogP contribution >= 0.6 is 0 Å². The van der Waals surface area contributed by atoms with Crippen LogP contribution in [-0.4, -0.2) is 38.2 Å². The van der Waals surface area contributed by atoms with Crippen LogP contribution in [0.3, 0.4) is 0 Å². The highest BCUT2D eigenvalue weighted by Crippen LogP contribution is 2.03. The van der Waals surface area contributed by atoms with Crippen molar-refractivity contribution in [3.8, 4) is 0 Å². The van der Waals surface area contributed by atoms with Gasteiger partial charge in [0, 0.05) is 25.8 Å². The summed E-state index contributed by atoms with van der Waals surface area (Å²) in [5.74, 6) is 0. The standard InChI is InChI=1S/C11H16N2O2/c1-13(11(14)15-2)9-8-12-10-6-4-3-5-7-10/h3-7,12H,8-9H2,1-2H3. The number of hydrogen-bond acceptors (Lipinski definition) is 3. The van der Waals surface area contributed by atoms with E-state index in [9.17, 15) is 4.79 Å². The summed E-state index contributed by atoms with van der Waals surface area (Å²) in [7, 11) is 3.09. The molecule has 0 aliphatic rings. The molecule has 0 aliphatic carbocycles. The Balaban J connectivity index is 2.25. The van der Waals surface area contributed by atoms with Crippen molar-refractivity contribution in [2.24, 2.45) is 0 Å². The first kappa shape index (κ1) is 11.4. The first-order valence-electron chi connectivity index (χ1n) is 4.82. The number of benzene rings is 1. The van der Waals surface area contributed by atoms with E-state index in [0.717, 1.165) is 5.69 Å². The minimum absolute atomic E-state index is 0.315. The molecule has 1 rings (SSSR count). The number of carbonyl (C=O) groups is 1. The quantitative estimate of drug-likeness (QED) is 0.820. The molecule has 0 fully saturated rings. The maximum Gasteiger partial charge on any atom is 0.409 e. The van der Waals surface area contributed by atoms with Crippen LogP contribution in [0.1, 0.15) is 0 Å². The zero-order chi connectivity index (χ0) is 11.1. The van der Waals surface area contributed by atoms with Crippen molar-refractivity contribution in [1.29, 1.82) is 0 Å². The molecule has 0 saturated heterocycles. The van der Waals surface area contributed by atoms with E-state index in [1.807, 2.05) is 30.3 Å². The number of amides is 1. The summed E-state index contributed by atoms with van der Waals surface area (Å²) in [5.41, 5.74) is 1.05. The fraction of sp³-hybridized carbons (Fsp3) is 0.364. The summed E-state index contributed by atoms with van der Waals surface area (Å²) in [6.07, 6.45) is -0.315. The molecule has 0 spiro atoms. The van der Waals surface area contributed by atoms with Gasteiger partial charge in [-0.15, -0.1) is 0 Å². The van der Waals surface area contributed by atoms with Gasteiger partial charge in [0.25, 0.3) is 0 Å². The second-order valence-corrected chi connectivity index (χ2v) is 3.18. The Bertz CT molecular complexity index is 301. The first-order chi connectivity index (χ1) is 7.24. The Hall–Kier alpha value is -1.71. The molecule has 1 aromatic carbocycles. The summed E-state index contributed by atoms with van der Waals surface area (Å²) < 4.78 is 4.57. The highest BCUT2D eigenvalue weighted by Gasteiger charge is 2.05. The molecular formula is C11H16N2O2. The third-order valence-corrected chi connectivity index (χ3v) is 2.04. The van der Waals surface area contributed by atoms with Crippen molar-refractivity contribution in [3.05, 3.63) is 30.3 Å². The molecule has 0 atom stereocenters. The lowest BCUT2D eigenvalue weighted by Gasteiger charge is -2.15. The number of rotatable bonds is 4. The maximum absolute atomic E-state index is 11.0. The summed E-state index contributed by atoms with van der Waals surface area (Å²) in [6, 6.07) is 9.86. The molecule has 0 unspecified atom stereocenters. The van der Waals surface area contributed by atoms with Gasteiger partial charge in [-0.05, 0) is 12.1 Å². The maximum atomic E-state index is 11.0. The number of hydrogen-bond donors (Lipinski definition) is 1. The first-order valence-corrected chi connectivity index (χ1v) is 4.82. The molecule has 0 saturated carbocycles. The Kier molecular flexibility index (Phi) is 4.47. The molecule has 0 radical (unpaired) electrons. The Morgan fingerprint density at radius 3 is 2.67 bits per heavy atom. The molecular weight excluding hydrogens is 192 g/mol. The average Bonchev–Trinajstić information content (AvgIpc) is 2.29. The van der Waals surface area contributed by atoms with Crippen LogP contribution in [0.5, 0.6) is 0 Å². The lowest BCUT2D eigenvalue weighted by molar-refractivity contribution is 0.135. The van der Waals surface area contributed by atoms with Crippen LogP contribution in [0.25, 0.3) is 0 Å². The van der Waals surface area contributed by atoms with Gasteiger partial charge in [-0.2, -0.15) is 0 Å². The van der Waals surface area contributed by atoms with Gasteiger partial charge in [0.15, 0.2) is 0 Å². The molecule has 15 heavy (non-hydrogen) atoms. The van der Waals surface area contributed by atoms with Crippen molar-refractivity contribution in [3.63, 3.8) is 0 Å². The van der Waals surface area contributed by atoms with E-state index in [2.05, 4.69) is 10.1 Å². The highest BCUT2D eigenvalue weighted by atomic mass is 16.5. The molecule has 0 aromatic heterocycles. The van der Waals surface area contributed by atoms with E-state index in [1.165, 1.54) is 12.0 Å². The number of ether oxygens (including phenoxy) is 1. The van der Waals surface area contributed by atoms with Crippen molar-refractivity contribution < 1.29 is 9.53 Å². The Labute approximate surface area is 89.8 Å².